The second-order valence-electron chi connectivity index (χ2n) is 5.97. The number of benzene rings is 2. The fourth-order valence-electron chi connectivity index (χ4n) is 3.12. The van der Waals surface area contributed by atoms with Crippen molar-refractivity contribution in [3.8, 4) is 0 Å². The Morgan fingerprint density at radius 2 is 1.82 bits per heavy atom. The summed E-state index contributed by atoms with van der Waals surface area (Å²) in [6, 6.07) is 13.3. The summed E-state index contributed by atoms with van der Waals surface area (Å²) in [5.41, 5.74) is 0.339. The number of hydrogen-bond donors (Lipinski definition) is 1. The Morgan fingerprint density at radius 3 is 2.54 bits per heavy atom. The lowest BCUT2D eigenvalue weighted by Gasteiger charge is -2.28. The summed E-state index contributed by atoms with van der Waals surface area (Å²) in [5.74, 6) is -1.71. The number of Topliss-reactive ketones (excluding diaryl/α,β-unsaturated/α-hetero) is 1. The van der Waals surface area contributed by atoms with Crippen molar-refractivity contribution in [1.82, 2.24) is 20.2 Å². The second-order valence-corrected chi connectivity index (χ2v) is 5.97. The predicted octanol–water partition coefficient (Wildman–Crippen LogP) is 2.14. The van der Waals surface area contributed by atoms with E-state index in [0.717, 1.165) is 0 Å². The molecule has 0 saturated carbocycles. The monoisotopic (exact) mass is 379 g/mol. The van der Waals surface area contributed by atoms with Crippen LogP contribution in [0.4, 0.5) is 10.3 Å². The van der Waals surface area contributed by atoms with E-state index in [1.54, 1.807) is 36.4 Å². The number of halogens is 1. The van der Waals surface area contributed by atoms with Gasteiger partial charge in [-0.25, -0.2) is 9.18 Å². The van der Waals surface area contributed by atoms with Gasteiger partial charge in [0.1, 0.15) is 17.6 Å². The summed E-state index contributed by atoms with van der Waals surface area (Å²) in [4.78, 5) is 25.8. The number of aromatic nitrogens is 4. The van der Waals surface area contributed by atoms with Gasteiger partial charge < -0.3 is 10.1 Å². The van der Waals surface area contributed by atoms with Gasteiger partial charge in [0.2, 0.25) is 5.95 Å². The van der Waals surface area contributed by atoms with Gasteiger partial charge in [0, 0.05) is 11.1 Å². The van der Waals surface area contributed by atoms with E-state index in [1.807, 2.05) is 0 Å². The van der Waals surface area contributed by atoms with Gasteiger partial charge in [-0.3, -0.25) is 4.79 Å². The van der Waals surface area contributed by atoms with Gasteiger partial charge in [-0.2, -0.15) is 4.68 Å². The third-order valence-electron chi connectivity index (χ3n) is 4.39. The summed E-state index contributed by atoms with van der Waals surface area (Å²) >= 11 is 0. The Morgan fingerprint density at radius 1 is 1.11 bits per heavy atom. The van der Waals surface area contributed by atoms with E-state index >= 15 is 0 Å². The maximum absolute atomic E-state index is 14.7. The highest BCUT2D eigenvalue weighted by molar-refractivity contribution is 6.14. The Bertz CT molecular complexity index is 1090. The van der Waals surface area contributed by atoms with Crippen LogP contribution in [-0.2, 0) is 9.53 Å². The van der Waals surface area contributed by atoms with E-state index in [0.29, 0.717) is 5.56 Å². The molecule has 0 bridgehead atoms. The van der Waals surface area contributed by atoms with Crippen molar-refractivity contribution in [2.75, 3.05) is 12.4 Å². The highest BCUT2D eigenvalue weighted by Gasteiger charge is 2.39. The minimum absolute atomic E-state index is 0.0112. The first-order valence-electron chi connectivity index (χ1n) is 8.33. The van der Waals surface area contributed by atoms with Crippen LogP contribution in [0.25, 0.3) is 0 Å². The molecule has 1 aromatic heterocycles. The first-order chi connectivity index (χ1) is 13.6. The Kier molecular flexibility index (Phi) is 4.40. The topological polar surface area (TPSA) is 99.0 Å². The van der Waals surface area contributed by atoms with Crippen LogP contribution in [0.15, 0.2) is 65.9 Å². The average Bonchev–Trinajstić information content (AvgIpc) is 3.21. The molecule has 2 heterocycles. The summed E-state index contributed by atoms with van der Waals surface area (Å²) < 4.78 is 20.8. The number of fused-ring (bicyclic) bond motifs is 1. The van der Waals surface area contributed by atoms with Gasteiger partial charge in [-0.05, 0) is 16.5 Å². The van der Waals surface area contributed by atoms with Crippen molar-refractivity contribution in [3.05, 3.63) is 82.8 Å². The molecular weight excluding hydrogens is 365 g/mol. The minimum atomic E-state index is -1.05. The van der Waals surface area contributed by atoms with Crippen molar-refractivity contribution in [3.63, 3.8) is 0 Å². The Balaban J connectivity index is 1.99. The maximum atomic E-state index is 14.7. The number of anilines is 1. The summed E-state index contributed by atoms with van der Waals surface area (Å²) in [7, 11) is 1.19. The van der Waals surface area contributed by atoms with E-state index in [2.05, 4.69) is 20.8 Å². The van der Waals surface area contributed by atoms with Crippen molar-refractivity contribution in [2.24, 2.45) is 0 Å². The molecule has 0 amide bonds. The summed E-state index contributed by atoms with van der Waals surface area (Å²) in [5, 5.41) is 14.0. The molecule has 8 nitrogen and oxygen atoms in total. The van der Waals surface area contributed by atoms with Crippen molar-refractivity contribution >= 4 is 17.7 Å². The number of carbonyl (C=O) groups is 2. The van der Waals surface area contributed by atoms with Crippen LogP contribution in [0.2, 0.25) is 0 Å². The van der Waals surface area contributed by atoms with Crippen molar-refractivity contribution in [2.45, 2.75) is 6.04 Å². The molecule has 0 aliphatic carbocycles. The molecule has 1 N–H and O–H groups in total. The van der Waals surface area contributed by atoms with E-state index in [4.69, 9.17) is 4.74 Å². The lowest BCUT2D eigenvalue weighted by molar-refractivity contribution is -0.136. The zero-order valence-corrected chi connectivity index (χ0v) is 14.7. The van der Waals surface area contributed by atoms with Crippen LogP contribution in [0, 0.1) is 5.82 Å². The molecular formula is C19H14FN5O3. The van der Waals surface area contributed by atoms with Crippen LogP contribution in [0.5, 0.6) is 0 Å². The van der Waals surface area contributed by atoms with Crippen LogP contribution in [-0.4, -0.2) is 39.1 Å². The fourth-order valence-corrected chi connectivity index (χ4v) is 3.12. The van der Waals surface area contributed by atoms with Crippen LogP contribution >= 0.6 is 0 Å². The van der Waals surface area contributed by atoms with Gasteiger partial charge in [-0.15, -0.1) is 0 Å². The van der Waals surface area contributed by atoms with E-state index in [9.17, 15) is 14.0 Å². The standard InChI is InChI=1S/C19H14FN5O3/c1-28-18(27)15-14(17(26)11-7-3-2-4-8-11)16(12-9-5-6-10-13(12)20)25-19(21-15)22-23-24-25/h2-10,16H,1H3,(H,21,22,24)/t16-/m1/s1. The number of nitrogens with one attached hydrogen (secondary N) is 1. The van der Waals surface area contributed by atoms with Crippen LogP contribution in [0.1, 0.15) is 22.0 Å². The molecule has 140 valence electrons. The first-order valence-corrected chi connectivity index (χ1v) is 8.33. The zero-order chi connectivity index (χ0) is 19.7. The number of rotatable bonds is 4. The zero-order valence-electron chi connectivity index (χ0n) is 14.7. The van der Waals surface area contributed by atoms with E-state index in [1.165, 1.54) is 30.0 Å². The molecule has 0 spiro atoms. The highest BCUT2D eigenvalue weighted by atomic mass is 19.1. The highest BCUT2D eigenvalue weighted by Crippen LogP contribution is 2.37. The molecule has 9 heteroatoms. The van der Waals surface area contributed by atoms with Gasteiger partial charge in [0.25, 0.3) is 0 Å². The molecule has 28 heavy (non-hydrogen) atoms. The number of nitrogens with zero attached hydrogens (tertiary/aromatic N) is 4. The van der Waals surface area contributed by atoms with E-state index in [-0.39, 0.29) is 22.8 Å². The molecule has 1 aliphatic rings. The number of tetrazole rings is 1. The maximum Gasteiger partial charge on any atom is 0.355 e. The largest absolute Gasteiger partial charge is 0.464 e. The minimum Gasteiger partial charge on any atom is -0.464 e. The molecule has 0 saturated heterocycles. The van der Waals surface area contributed by atoms with Gasteiger partial charge in [-0.1, -0.05) is 53.6 Å². The Labute approximate surface area is 158 Å². The molecule has 4 rings (SSSR count). The summed E-state index contributed by atoms with van der Waals surface area (Å²) in [6.45, 7) is 0. The second kappa shape index (κ2) is 7.03. The van der Waals surface area contributed by atoms with Crippen LogP contribution in [0.3, 0.4) is 0 Å². The Hall–Kier alpha value is -3.88. The number of esters is 1. The lowest BCUT2D eigenvalue weighted by Crippen LogP contribution is -2.33. The molecule has 1 atom stereocenters. The van der Waals surface area contributed by atoms with Crippen LogP contribution < -0.4 is 5.32 Å². The number of hydrogen-bond acceptors (Lipinski definition) is 7. The number of ether oxygens (including phenoxy) is 1. The number of carbonyl (C=O) groups excluding carboxylic acids is 2. The fraction of sp³-hybridized carbons (Fsp3) is 0.105. The number of methoxy groups -OCH3 is 1. The van der Waals surface area contributed by atoms with Gasteiger partial charge >= 0.3 is 5.97 Å². The normalized spacial score (nSPS) is 15.6. The van der Waals surface area contributed by atoms with Crippen molar-refractivity contribution in [1.29, 1.82) is 0 Å². The molecule has 0 radical (unpaired) electrons. The first kappa shape index (κ1) is 17.5. The molecule has 1 aliphatic heterocycles. The third-order valence-corrected chi connectivity index (χ3v) is 4.39. The quantitative estimate of drug-likeness (QED) is 0.548. The third kappa shape index (κ3) is 2.82. The smallest absolute Gasteiger partial charge is 0.355 e. The van der Waals surface area contributed by atoms with E-state index < -0.39 is 23.6 Å². The SMILES string of the molecule is COC(=O)C1=C(C(=O)c2ccccc2)[C@@H](c2ccccc2F)n2nnnc2N1. The number of allylic oxidation sites excluding steroid dienone is 1. The van der Waals surface area contributed by atoms with Crippen molar-refractivity contribution < 1.29 is 18.7 Å². The molecule has 3 aromatic rings. The van der Waals surface area contributed by atoms with Gasteiger partial charge in [0.05, 0.1) is 12.7 Å². The lowest BCUT2D eigenvalue weighted by atomic mass is 9.89. The average molecular weight is 379 g/mol. The van der Waals surface area contributed by atoms with Gasteiger partial charge in [0.15, 0.2) is 5.78 Å². The predicted molar refractivity (Wildman–Crippen MR) is 95.8 cm³/mol. The number of ketones is 1. The summed E-state index contributed by atoms with van der Waals surface area (Å²) in [6.07, 6.45) is 0. The molecule has 2 aromatic carbocycles. The molecule has 0 unspecified atom stereocenters. The molecule has 0 fully saturated rings.